The maximum Gasteiger partial charge on any atom is 0.253 e. The van der Waals surface area contributed by atoms with E-state index in [1.54, 1.807) is 7.11 Å². The molecule has 1 aromatic rings. The summed E-state index contributed by atoms with van der Waals surface area (Å²) in [5.74, 6) is 0.744. The molecule has 1 fully saturated rings. The average Bonchev–Trinajstić information content (AvgIpc) is 2.50. The molecule has 4 heteroatoms. The lowest BCUT2D eigenvalue weighted by Gasteiger charge is -2.31. The van der Waals surface area contributed by atoms with Gasteiger partial charge in [0, 0.05) is 44.6 Å². The molecule has 0 aliphatic carbocycles. The number of aryl methyl sites for hydroxylation is 1. The number of anilines is 1. The van der Waals surface area contributed by atoms with Crippen LogP contribution in [0, 0.1) is 12.8 Å². The van der Waals surface area contributed by atoms with Gasteiger partial charge in [-0.25, -0.2) is 0 Å². The van der Waals surface area contributed by atoms with Crippen LogP contribution in [0.4, 0.5) is 5.69 Å². The van der Waals surface area contributed by atoms with E-state index in [0.717, 1.165) is 55.9 Å². The first-order chi connectivity index (χ1) is 10.2. The van der Waals surface area contributed by atoms with E-state index >= 15 is 0 Å². The van der Waals surface area contributed by atoms with Gasteiger partial charge in [0.15, 0.2) is 0 Å². The summed E-state index contributed by atoms with van der Waals surface area (Å²) in [5.41, 5.74) is 3.02. The van der Waals surface area contributed by atoms with Gasteiger partial charge in [0.2, 0.25) is 0 Å². The topological polar surface area (TPSA) is 41.6 Å². The number of methoxy groups -OCH3 is 1. The van der Waals surface area contributed by atoms with Crippen LogP contribution in [-0.4, -0.2) is 44.2 Å². The quantitative estimate of drug-likeness (QED) is 0.906. The van der Waals surface area contributed by atoms with Crippen LogP contribution in [-0.2, 0) is 4.74 Å². The van der Waals surface area contributed by atoms with Crippen LogP contribution in [0.15, 0.2) is 18.2 Å². The van der Waals surface area contributed by atoms with Gasteiger partial charge in [-0.15, -0.1) is 0 Å². The average molecular weight is 290 g/mol. The Morgan fingerprint density at radius 1 is 1.38 bits per heavy atom. The predicted octanol–water partition coefficient (Wildman–Crippen LogP) is 2.93. The molecular formula is C17H26N2O2. The number of piperidine rings is 1. The van der Waals surface area contributed by atoms with Crippen molar-refractivity contribution in [2.24, 2.45) is 5.92 Å². The first kappa shape index (κ1) is 15.8. The summed E-state index contributed by atoms with van der Waals surface area (Å²) < 4.78 is 5.20. The third-order valence-electron chi connectivity index (χ3n) is 4.14. The first-order valence-electron chi connectivity index (χ1n) is 7.78. The van der Waals surface area contributed by atoms with Gasteiger partial charge in [0.05, 0.1) is 0 Å². The van der Waals surface area contributed by atoms with Gasteiger partial charge in [0.1, 0.15) is 0 Å². The molecule has 0 unspecified atom stereocenters. The lowest BCUT2D eigenvalue weighted by Crippen LogP contribution is -2.39. The Morgan fingerprint density at radius 3 is 2.67 bits per heavy atom. The van der Waals surface area contributed by atoms with E-state index in [1.807, 2.05) is 30.0 Å². The van der Waals surface area contributed by atoms with E-state index in [0.29, 0.717) is 5.92 Å². The molecule has 1 amide bonds. The summed E-state index contributed by atoms with van der Waals surface area (Å²) in [6.07, 6.45) is 2.07. The van der Waals surface area contributed by atoms with E-state index in [-0.39, 0.29) is 5.91 Å². The van der Waals surface area contributed by atoms with Crippen molar-refractivity contribution < 1.29 is 9.53 Å². The largest absolute Gasteiger partial charge is 0.385 e. The molecule has 0 aromatic heterocycles. The minimum absolute atomic E-state index is 0.150. The molecule has 21 heavy (non-hydrogen) atoms. The zero-order valence-corrected chi connectivity index (χ0v) is 13.3. The highest BCUT2D eigenvalue weighted by molar-refractivity contribution is 5.95. The summed E-state index contributed by atoms with van der Waals surface area (Å²) in [5, 5.41) is 3.30. The van der Waals surface area contributed by atoms with Crippen molar-refractivity contribution in [1.29, 1.82) is 0 Å². The van der Waals surface area contributed by atoms with Crippen molar-refractivity contribution in [2.45, 2.75) is 26.7 Å². The number of amides is 1. The first-order valence-corrected chi connectivity index (χ1v) is 7.78. The summed E-state index contributed by atoms with van der Waals surface area (Å²) in [6, 6.07) is 5.92. The third-order valence-corrected chi connectivity index (χ3v) is 4.14. The molecule has 0 atom stereocenters. The minimum atomic E-state index is 0.150. The fourth-order valence-electron chi connectivity index (χ4n) is 2.91. The number of nitrogens with one attached hydrogen (secondary N) is 1. The minimum Gasteiger partial charge on any atom is -0.385 e. The van der Waals surface area contributed by atoms with Gasteiger partial charge >= 0.3 is 0 Å². The molecule has 0 bridgehead atoms. The highest BCUT2D eigenvalue weighted by atomic mass is 16.5. The Kier molecular flexibility index (Phi) is 5.62. The summed E-state index contributed by atoms with van der Waals surface area (Å²) in [6.45, 7) is 7.48. The molecule has 1 aliphatic heterocycles. The number of benzene rings is 1. The molecular weight excluding hydrogens is 264 g/mol. The Hall–Kier alpha value is -1.55. The summed E-state index contributed by atoms with van der Waals surface area (Å²) in [7, 11) is 1.74. The molecule has 0 radical (unpaired) electrons. The summed E-state index contributed by atoms with van der Waals surface area (Å²) in [4.78, 5) is 14.5. The number of hydrogen-bond donors (Lipinski definition) is 1. The van der Waals surface area contributed by atoms with Gasteiger partial charge in [-0.3, -0.25) is 4.79 Å². The lowest BCUT2D eigenvalue weighted by atomic mass is 9.97. The van der Waals surface area contributed by atoms with Gasteiger partial charge < -0.3 is 15.0 Å². The molecule has 4 nitrogen and oxygen atoms in total. The maximum absolute atomic E-state index is 12.6. The lowest BCUT2D eigenvalue weighted by molar-refractivity contribution is 0.0613. The van der Waals surface area contributed by atoms with Crippen molar-refractivity contribution in [3.63, 3.8) is 0 Å². The second-order valence-corrected chi connectivity index (χ2v) is 5.75. The molecule has 1 N–H and O–H groups in total. The standard InChI is InChI=1S/C17H26N2O2/c1-4-18-16-6-5-15(11-13(16)2)17(20)19-9-7-14(8-10-19)12-21-3/h5-6,11,14,18H,4,7-10,12H2,1-3H3. The van der Waals surface area contributed by atoms with E-state index in [1.165, 1.54) is 0 Å². The van der Waals surface area contributed by atoms with Crippen molar-refractivity contribution >= 4 is 11.6 Å². The molecule has 1 aromatic carbocycles. The molecule has 116 valence electrons. The number of nitrogens with zero attached hydrogens (tertiary/aromatic N) is 1. The summed E-state index contributed by atoms with van der Waals surface area (Å²) >= 11 is 0. The number of hydrogen-bond acceptors (Lipinski definition) is 3. The Labute approximate surface area is 127 Å². The Bertz CT molecular complexity index is 480. The molecule has 0 saturated carbocycles. The number of ether oxygens (including phenoxy) is 1. The van der Waals surface area contributed by atoms with E-state index in [9.17, 15) is 4.79 Å². The van der Waals surface area contributed by atoms with Crippen molar-refractivity contribution in [3.05, 3.63) is 29.3 Å². The van der Waals surface area contributed by atoms with Crippen LogP contribution in [0.25, 0.3) is 0 Å². The fourth-order valence-corrected chi connectivity index (χ4v) is 2.91. The van der Waals surface area contributed by atoms with Gasteiger partial charge in [-0.1, -0.05) is 0 Å². The predicted molar refractivity (Wildman–Crippen MR) is 85.8 cm³/mol. The maximum atomic E-state index is 12.6. The zero-order valence-electron chi connectivity index (χ0n) is 13.3. The van der Waals surface area contributed by atoms with E-state index in [4.69, 9.17) is 4.74 Å². The van der Waals surface area contributed by atoms with Crippen molar-refractivity contribution in [3.8, 4) is 0 Å². The van der Waals surface area contributed by atoms with Crippen LogP contribution in [0.3, 0.4) is 0 Å². The Balaban J connectivity index is 1.99. The molecule has 2 rings (SSSR count). The second kappa shape index (κ2) is 7.46. The third kappa shape index (κ3) is 3.97. The highest BCUT2D eigenvalue weighted by Gasteiger charge is 2.23. The zero-order chi connectivity index (χ0) is 15.2. The molecule has 1 heterocycles. The molecule has 1 saturated heterocycles. The number of rotatable bonds is 5. The van der Waals surface area contributed by atoms with Gasteiger partial charge in [-0.05, 0) is 56.4 Å². The van der Waals surface area contributed by atoms with Crippen molar-refractivity contribution in [1.82, 2.24) is 4.90 Å². The van der Waals surface area contributed by atoms with Crippen LogP contribution in [0.1, 0.15) is 35.7 Å². The number of carbonyl (C=O) groups is 1. The Morgan fingerprint density at radius 2 is 2.10 bits per heavy atom. The van der Waals surface area contributed by atoms with Crippen LogP contribution in [0.2, 0.25) is 0 Å². The van der Waals surface area contributed by atoms with Gasteiger partial charge in [0.25, 0.3) is 5.91 Å². The van der Waals surface area contributed by atoms with Crippen LogP contribution in [0.5, 0.6) is 0 Å². The van der Waals surface area contributed by atoms with E-state index < -0.39 is 0 Å². The number of carbonyl (C=O) groups excluding carboxylic acids is 1. The van der Waals surface area contributed by atoms with Crippen LogP contribution >= 0.6 is 0 Å². The molecule has 1 aliphatic rings. The monoisotopic (exact) mass is 290 g/mol. The highest BCUT2D eigenvalue weighted by Crippen LogP contribution is 2.21. The molecule has 0 spiro atoms. The van der Waals surface area contributed by atoms with Crippen LogP contribution < -0.4 is 5.32 Å². The number of likely N-dealkylation sites (tertiary alicyclic amines) is 1. The second-order valence-electron chi connectivity index (χ2n) is 5.75. The normalized spacial score (nSPS) is 16.0. The van der Waals surface area contributed by atoms with Gasteiger partial charge in [-0.2, -0.15) is 0 Å². The van der Waals surface area contributed by atoms with E-state index in [2.05, 4.69) is 12.2 Å². The smallest absolute Gasteiger partial charge is 0.253 e. The SMILES string of the molecule is CCNc1ccc(C(=O)N2CCC(COC)CC2)cc1C. The fraction of sp³-hybridized carbons (Fsp3) is 0.588. The van der Waals surface area contributed by atoms with Crippen molar-refractivity contribution in [2.75, 3.05) is 38.7 Å².